The van der Waals surface area contributed by atoms with Crippen molar-refractivity contribution in [3.05, 3.63) is 52.0 Å². The van der Waals surface area contributed by atoms with Crippen molar-refractivity contribution < 1.29 is 9.59 Å². The molecule has 6 rings (SSSR count). The lowest BCUT2D eigenvalue weighted by Crippen LogP contribution is -2.50. The summed E-state index contributed by atoms with van der Waals surface area (Å²) >= 11 is 0. The molecule has 2 amide bonds. The first kappa shape index (κ1) is 17.9. The molecule has 2 aromatic heterocycles. The number of rotatable bonds is 2. The predicted molar refractivity (Wildman–Crippen MR) is 108 cm³/mol. The van der Waals surface area contributed by atoms with E-state index in [1.165, 1.54) is 0 Å². The van der Waals surface area contributed by atoms with E-state index in [1.807, 2.05) is 15.9 Å². The molecule has 0 radical (unpaired) electrons. The number of nitrogens with one attached hydrogen (secondary N) is 1. The molecule has 3 fully saturated rings. The van der Waals surface area contributed by atoms with E-state index in [-0.39, 0.29) is 29.2 Å². The monoisotopic (exact) mass is 407 g/mol. The Hall–Kier alpha value is -2.90. The zero-order chi connectivity index (χ0) is 20.4. The van der Waals surface area contributed by atoms with Crippen LogP contribution in [0.15, 0.2) is 29.3 Å². The van der Waals surface area contributed by atoms with Crippen LogP contribution in [0.2, 0.25) is 0 Å². The van der Waals surface area contributed by atoms with Crippen LogP contribution in [0.5, 0.6) is 0 Å². The Morgan fingerprint density at radius 1 is 1.00 bits per heavy atom. The summed E-state index contributed by atoms with van der Waals surface area (Å²) < 4.78 is 1.80. The lowest BCUT2D eigenvalue weighted by Gasteiger charge is -2.42. The fourth-order valence-corrected chi connectivity index (χ4v) is 6.19. The molecule has 4 aliphatic heterocycles. The van der Waals surface area contributed by atoms with Crippen molar-refractivity contribution >= 4 is 11.8 Å². The molecule has 8 heteroatoms. The molecular formula is C22H25N5O3. The highest BCUT2D eigenvalue weighted by Gasteiger charge is 2.44. The third-order valence-corrected chi connectivity index (χ3v) is 7.51. The third-order valence-electron chi connectivity index (χ3n) is 7.51. The summed E-state index contributed by atoms with van der Waals surface area (Å²) in [6, 6.07) is 4.28. The van der Waals surface area contributed by atoms with Crippen LogP contribution in [0, 0.1) is 5.92 Å². The summed E-state index contributed by atoms with van der Waals surface area (Å²) in [5, 5.41) is 0. The van der Waals surface area contributed by atoms with Crippen LogP contribution in [0.3, 0.4) is 0 Å². The Balaban J connectivity index is 1.29. The number of aromatic nitrogens is 3. The maximum absolute atomic E-state index is 13.3. The van der Waals surface area contributed by atoms with Crippen LogP contribution in [-0.2, 0) is 6.54 Å². The first-order valence-corrected chi connectivity index (χ1v) is 10.9. The van der Waals surface area contributed by atoms with Crippen molar-refractivity contribution in [1.82, 2.24) is 24.3 Å². The van der Waals surface area contributed by atoms with E-state index in [0.717, 1.165) is 37.8 Å². The largest absolute Gasteiger partial charge is 0.341 e. The number of carbonyl (C=O) groups is 2. The SMILES string of the molecule is O=C(c1ncc[nH]1)N1C[C@@H]2C[C@H](C1)c1ccc(C(=O)N3C4CCC3CC4)c(=O)n1C2. The summed E-state index contributed by atoms with van der Waals surface area (Å²) in [5.41, 5.74) is 1.08. The van der Waals surface area contributed by atoms with Gasteiger partial charge in [0.25, 0.3) is 17.4 Å². The fraction of sp³-hybridized carbons (Fsp3) is 0.545. The molecule has 0 unspecified atom stereocenters. The number of amides is 2. The van der Waals surface area contributed by atoms with Gasteiger partial charge in [-0.1, -0.05) is 0 Å². The van der Waals surface area contributed by atoms with Gasteiger partial charge in [0.15, 0.2) is 5.82 Å². The molecule has 2 aromatic rings. The van der Waals surface area contributed by atoms with Crippen LogP contribution >= 0.6 is 0 Å². The van der Waals surface area contributed by atoms with E-state index in [9.17, 15) is 14.4 Å². The van der Waals surface area contributed by atoms with Gasteiger partial charge in [-0.25, -0.2) is 4.98 Å². The van der Waals surface area contributed by atoms with Crippen molar-refractivity contribution in [2.75, 3.05) is 13.1 Å². The molecule has 0 aliphatic carbocycles. The number of hydrogen-bond acceptors (Lipinski definition) is 4. The van der Waals surface area contributed by atoms with E-state index in [4.69, 9.17) is 0 Å². The van der Waals surface area contributed by atoms with Crippen molar-refractivity contribution in [2.24, 2.45) is 5.92 Å². The summed E-state index contributed by atoms with van der Waals surface area (Å²) in [6.45, 7) is 1.73. The number of nitrogens with zero attached hydrogens (tertiary/aromatic N) is 4. The maximum Gasteiger partial charge on any atom is 0.289 e. The molecule has 0 spiro atoms. The Bertz CT molecular complexity index is 1050. The number of aromatic amines is 1. The average molecular weight is 407 g/mol. The first-order valence-electron chi connectivity index (χ1n) is 10.9. The minimum atomic E-state index is -0.163. The average Bonchev–Trinajstić information content (AvgIpc) is 3.51. The van der Waals surface area contributed by atoms with Gasteiger partial charge in [-0.15, -0.1) is 0 Å². The number of fused-ring (bicyclic) bond motifs is 6. The molecule has 30 heavy (non-hydrogen) atoms. The second kappa shape index (κ2) is 6.55. The lowest BCUT2D eigenvalue weighted by atomic mass is 9.83. The second-order valence-corrected chi connectivity index (χ2v) is 9.21. The van der Waals surface area contributed by atoms with Crippen molar-refractivity contribution in [3.8, 4) is 0 Å². The summed E-state index contributed by atoms with van der Waals surface area (Å²) in [7, 11) is 0. The van der Waals surface area contributed by atoms with Gasteiger partial charge < -0.3 is 19.4 Å². The molecule has 8 nitrogen and oxygen atoms in total. The van der Waals surface area contributed by atoms with Gasteiger partial charge in [0, 0.05) is 55.7 Å². The van der Waals surface area contributed by atoms with Crippen LogP contribution in [-0.4, -0.2) is 61.3 Å². The zero-order valence-electron chi connectivity index (χ0n) is 16.8. The number of piperidine rings is 1. The fourth-order valence-electron chi connectivity index (χ4n) is 6.19. The topological polar surface area (TPSA) is 91.3 Å². The number of hydrogen-bond donors (Lipinski definition) is 1. The summed E-state index contributed by atoms with van der Waals surface area (Å²) in [6.07, 6.45) is 8.44. The molecule has 156 valence electrons. The quantitative estimate of drug-likeness (QED) is 0.819. The van der Waals surface area contributed by atoms with Crippen molar-refractivity contribution in [2.45, 2.75) is 56.7 Å². The molecular weight excluding hydrogens is 382 g/mol. The highest BCUT2D eigenvalue weighted by atomic mass is 16.2. The van der Waals surface area contributed by atoms with Crippen LogP contribution in [0.4, 0.5) is 0 Å². The predicted octanol–water partition coefficient (Wildman–Crippen LogP) is 1.60. The van der Waals surface area contributed by atoms with Gasteiger partial charge in [0.1, 0.15) is 5.56 Å². The number of pyridine rings is 1. The highest BCUT2D eigenvalue weighted by molar-refractivity contribution is 5.94. The van der Waals surface area contributed by atoms with Crippen molar-refractivity contribution in [1.29, 1.82) is 0 Å². The molecule has 6 heterocycles. The Morgan fingerprint density at radius 2 is 1.77 bits per heavy atom. The highest BCUT2D eigenvalue weighted by Crippen LogP contribution is 2.39. The molecule has 0 saturated carbocycles. The lowest BCUT2D eigenvalue weighted by molar-refractivity contribution is 0.0583. The Labute approximate surface area is 173 Å². The van der Waals surface area contributed by atoms with Gasteiger partial charge in [-0.05, 0) is 50.2 Å². The maximum atomic E-state index is 13.3. The molecule has 2 atom stereocenters. The van der Waals surface area contributed by atoms with E-state index in [0.29, 0.717) is 43.1 Å². The number of carbonyl (C=O) groups excluding carboxylic acids is 2. The minimum Gasteiger partial charge on any atom is -0.341 e. The summed E-state index contributed by atoms with van der Waals surface area (Å²) in [5.74, 6) is 0.485. The molecule has 1 N–H and O–H groups in total. The number of H-pyrrole nitrogens is 1. The van der Waals surface area contributed by atoms with E-state index >= 15 is 0 Å². The molecule has 0 aromatic carbocycles. The van der Waals surface area contributed by atoms with Crippen molar-refractivity contribution in [3.63, 3.8) is 0 Å². The zero-order valence-corrected chi connectivity index (χ0v) is 16.8. The third kappa shape index (κ3) is 2.58. The van der Waals surface area contributed by atoms with Crippen LogP contribution in [0.1, 0.15) is 64.7 Å². The van der Waals surface area contributed by atoms with Gasteiger partial charge in [0.2, 0.25) is 0 Å². The molecule has 4 bridgehead atoms. The van der Waals surface area contributed by atoms with Gasteiger partial charge in [0.05, 0.1) is 0 Å². The Kier molecular flexibility index (Phi) is 3.91. The van der Waals surface area contributed by atoms with E-state index in [1.54, 1.807) is 23.0 Å². The second-order valence-electron chi connectivity index (χ2n) is 9.21. The van der Waals surface area contributed by atoms with Gasteiger partial charge in [-0.2, -0.15) is 0 Å². The van der Waals surface area contributed by atoms with Crippen LogP contribution in [0.25, 0.3) is 0 Å². The molecule has 4 aliphatic rings. The standard InChI is InChI=1S/C22H25N5O3/c28-20-17(21(29)27-15-1-2-16(27)4-3-15)5-6-18-14-9-13(11-26(18)20)10-25(12-14)22(30)19-23-7-8-24-19/h5-8,13-16H,1-4,9-12H2,(H,23,24)/t13-,14+,15?,16?/m0/s1. The minimum absolute atomic E-state index is 0.0920. The number of likely N-dealkylation sites (tertiary alicyclic amines) is 1. The normalized spacial score (nSPS) is 29.2. The Morgan fingerprint density at radius 3 is 2.47 bits per heavy atom. The number of imidazole rings is 1. The smallest absolute Gasteiger partial charge is 0.289 e. The summed E-state index contributed by atoms with van der Waals surface area (Å²) in [4.78, 5) is 50.0. The van der Waals surface area contributed by atoms with Gasteiger partial charge in [-0.3, -0.25) is 14.4 Å². The van der Waals surface area contributed by atoms with E-state index in [2.05, 4.69) is 9.97 Å². The van der Waals surface area contributed by atoms with Gasteiger partial charge >= 0.3 is 0 Å². The first-order chi connectivity index (χ1) is 14.6. The van der Waals surface area contributed by atoms with Crippen LogP contribution < -0.4 is 5.56 Å². The van der Waals surface area contributed by atoms with E-state index < -0.39 is 0 Å². The molecule has 3 saturated heterocycles.